The van der Waals surface area contributed by atoms with E-state index in [2.05, 4.69) is 0 Å². The second-order valence-corrected chi connectivity index (χ2v) is 7.88. The zero-order chi connectivity index (χ0) is 20.8. The van der Waals surface area contributed by atoms with Crippen molar-refractivity contribution < 1.29 is 28.5 Å². The lowest BCUT2D eigenvalue weighted by Gasteiger charge is -2.33. The van der Waals surface area contributed by atoms with Crippen LogP contribution in [0.25, 0.3) is 6.08 Å². The Bertz CT molecular complexity index is 937. The molecule has 0 spiro atoms. The van der Waals surface area contributed by atoms with E-state index in [0.29, 0.717) is 29.3 Å². The topological polar surface area (TPSA) is 63.2 Å². The van der Waals surface area contributed by atoms with Gasteiger partial charge in [0.1, 0.15) is 41.3 Å². The fourth-order valence-corrected chi connectivity index (χ4v) is 4.04. The number of carbonyl (C=O) groups excluding carboxylic acids is 1. The Kier molecular flexibility index (Phi) is 4.90. The van der Waals surface area contributed by atoms with Gasteiger partial charge in [0.25, 0.3) is 0 Å². The molecule has 0 aromatic heterocycles. The van der Waals surface area contributed by atoms with Crippen LogP contribution in [0.2, 0.25) is 0 Å². The Morgan fingerprint density at radius 3 is 2.62 bits per heavy atom. The van der Waals surface area contributed by atoms with Crippen LogP contribution in [0.5, 0.6) is 11.5 Å². The van der Waals surface area contributed by atoms with E-state index >= 15 is 0 Å². The normalized spacial score (nSPS) is 24.7. The van der Waals surface area contributed by atoms with E-state index in [9.17, 15) is 4.79 Å². The van der Waals surface area contributed by atoms with E-state index in [0.717, 1.165) is 16.9 Å². The number of rotatable bonds is 4. The van der Waals surface area contributed by atoms with Crippen LogP contribution >= 0.6 is 0 Å². The third-order valence-corrected chi connectivity index (χ3v) is 5.61. The van der Waals surface area contributed by atoms with Crippen molar-refractivity contribution in [1.29, 1.82) is 0 Å². The highest BCUT2D eigenvalue weighted by molar-refractivity contribution is 6.04. The van der Waals surface area contributed by atoms with Crippen molar-refractivity contribution in [2.45, 2.75) is 32.0 Å². The summed E-state index contributed by atoms with van der Waals surface area (Å²) in [7, 11) is 4.83. The molecule has 2 heterocycles. The van der Waals surface area contributed by atoms with Gasteiger partial charge in [-0.1, -0.05) is 0 Å². The zero-order valence-electron chi connectivity index (χ0n) is 17.4. The first-order valence-electron chi connectivity index (χ1n) is 9.66. The monoisotopic (exact) mass is 398 g/mol. The van der Waals surface area contributed by atoms with Gasteiger partial charge in [-0.15, -0.1) is 0 Å². The molecular formula is C23H26O6. The van der Waals surface area contributed by atoms with Crippen molar-refractivity contribution in [1.82, 2.24) is 0 Å². The van der Waals surface area contributed by atoms with E-state index in [1.54, 1.807) is 27.4 Å². The molecule has 2 atom stereocenters. The lowest BCUT2D eigenvalue weighted by Crippen LogP contribution is -2.33. The highest BCUT2D eigenvalue weighted by Gasteiger charge is 2.38. The summed E-state index contributed by atoms with van der Waals surface area (Å²) in [6.07, 6.45) is 6.06. The SMILES string of the molecule is COC1=CC(C2COc3c(ccc4c3C=CC(C)(C)O4)C2=O)=C(OC)CC1OC. The lowest BCUT2D eigenvalue weighted by molar-refractivity contribution is 0.0616. The molecule has 0 bridgehead atoms. The average molecular weight is 398 g/mol. The highest BCUT2D eigenvalue weighted by Crippen LogP contribution is 2.43. The molecule has 0 fully saturated rings. The van der Waals surface area contributed by atoms with Crippen molar-refractivity contribution in [3.63, 3.8) is 0 Å². The van der Waals surface area contributed by atoms with E-state index in [-0.39, 0.29) is 24.1 Å². The maximum absolute atomic E-state index is 13.4. The van der Waals surface area contributed by atoms with Crippen LogP contribution in [0.4, 0.5) is 0 Å². The molecule has 29 heavy (non-hydrogen) atoms. The maximum Gasteiger partial charge on any atom is 0.177 e. The molecule has 4 rings (SSSR count). The summed E-state index contributed by atoms with van der Waals surface area (Å²) in [6, 6.07) is 3.62. The first-order chi connectivity index (χ1) is 13.9. The minimum atomic E-state index is -0.469. The van der Waals surface area contributed by atoms with E-state index in [4.69, 9.17) is 23.7 Å². The van der Waals surface area contributed by atoms with Gasteiger partial charge in [-0.25, -0.2) is 0 Å². The summed E-state index contributed by atoms with van der Waals surface area (Å²) < 4.78 is 28.6. The van der Waals surface area contributed by atoms with Gasteiger partial charge in [0.2, 0.25) is 0 Å². The molecule has 0 saturated heterocycles. The van der Waals surface area contributed by atoms with Crippen LogP contribution in [-0.4, -0.2) is 45.4 Å². The molecule has 6 nitrogen and oxygen atoms in total. The van der Waals surface area contributed by atoms with Crippen LogP contribution in [0, 0.1) is 5.92 Å². The molecule has 6 heteroatoms. The smallest absolute Gasteiger partial charge is 0.177 e. The van der Waals surface area contributed by atoms with Crippen LogP contribution in [0.3, 0.4) is 0 Å². The lowest BCUT2D eigenvalue weighted by atomic mass is 9.83. The summed E-state index contributed by atoms with van der Waals surface area (Å²) in [5.74, 6) is 2.22. The number of methoxy groups -OCH3 is 3. The number of fused-ring (bicyclic) bond motifs is 3. The van der Waals surface area contributed by atoms with Gasteiger partial charge in [0.05, 0.1) is 31.3 Å². The molecular weight excluding hydrogens is 372 g/mol. The number of allylic oxidation sites excluding steroid dienone is 1. The fraction of sp³-hybridized carbons (Fsp3) is 0.435. The Labute approximate surface area is 170 Å². The van der Waals surface area contributed by atoms with Crippen molar-refractivity contribution in [3.05, 3.63) is 52.5 Å². The van der Waals surface area contributed by atoms with Gasteiger partial charge < -0.3 is 23.7 Å². The average Bonchev–Trinajstić information content (AvgIpc) is 2.72. The standard InChI is InChI=1S/C23H26O6/c1-23(2)9-8-13-17(29-23)7-6-14-21(24)16(12-28-22(13)14)15-10-19(26-4)20(27-5)11-18(15)25-3/h6-10,16,20H,11-12H2,1-5H3. The summed E-state index contributed by atoms with van der Waals surface area (Å²) >= 11 is 0. The van der Waals surface area contributed by atoms with Crippen LogP contribution in [0.1, 0.15) is 36.2 Å². The second kappa shape index (κ2) is 7.26. The summed E-state index contributed by atoms with van der Waals surface area (Å²) in [5.41, 5.74) is 1.75. The number of hydrogen-bond acceptors (Lipinski definition) is 6. The Morgan fingerprint density at radius 2 is 1.93 bits per heavy atom. The fourth-order valence-electron chi connectivity index (χ4n) is 4.04. The van der Waals surface area contributed by atoms with Gasteiger partial charge in [-0.2, -0.15) is 0 Å². The number of hydrogen-bond donors (Lipinski definition) is 0. The number of carbonyl (C=O) groups is 1. The third-order valence-electron chi connectivity index (χ3n) is 5.61. The second-order valence-electron chi connectivity index (χ2n) is 7.88. The molecule has 0 saturated carbocycles. The first-order valence-corrected chi connectivity index (χ1v) is 9.66. The summed E-state index contributed by atoms with van der Waals surface area (Å²) in [4.78, 5) is 13.4. The van der Waals surface area contributed by atoms with Crippen molar-refractivity contribution >= 4 is 11.9 Å². The van der Waals surface area contributed by atoms with Crippen molar-refractivity contribution in [2.75, 3.05) is 27.9 Å². The molecule has 2 unspecified atom stereocenters. The number of benzene rings is 1. The molecule has 3 aliphatic rings. The Balaban J connectivity index is 1.72. The van der Waals surface area contributed by atoms with Crippen LogP contribution in [-0.2, 0) is 14.2 Å². The largest absolute Gasteiger partial charge is 0.501 e. The van der Waals surface area contributed by atoms with Gasteiger partial charge in [-0.05, 0) is 44.2 Å². The first kappa shape index (κ1) is 19.6. The molecule has 0 radical (unpaired) electrons. The van der Waals surface area contributed by atoms with Crippen LogP contribution in [0.15, 0.2) is 41.4 Å². The minimum absolute atomic E-state index is 0.000552. The van der Waals surface area contributed by atoms with E-state index in [1.165, 1.54) is 0 Å². The van der Waals surface area contributed by atoms with Gasteiger partial charge in [0.15, 0.2) is 5.78 Å². The molecule has 1 aliphatic carbocycles. The molecule has 154 valence electrons. The van der Waals surface area contributed by atoms with Crippen molar-refractivity contribution in [2.24, 2.45) is 5.92 Å². The van der Waals surface area contributed by atoms with Gasteiger partial charge in [-0.3, -0.25) is 4.79 Å². The van der Waals surface area contributed by atoms with Gasteiger partial charge >= 0.3 is 0 Å². The Morgan fingerprint density at radius 1 is 1.14 bits per heavy atom. The molecule has 0 N–H and O–H groups in total. The number of Topliss-reactive ketones (excluding diaryl/α,β-unsaturated/α-hetero) is 1. The zero-order valence-corrected chi connectivity index (χ0v) is 17.4. The third kappa shape index (κ3) is 3.31. The molecule has 1 aromatic carbocycles. The molecule has 0 amide bonds. The summed E-state index contributed by atoms with van der Waals surface area (Å²) in [6.45, 7) is 4.21. The number of ether oxygens (including phenoxy) is 5. The minimum Gasteiger partial charge on any atom is -0.501 e. The van der Waals surface area contributed by atoms with Gasteiger partial charge in [0, 0.05) is 19.1 Å². The molecule has 2 aliphatic heterocycles. The van der Waals surface area contributed by atoms with E-state index < -0.39 is 5.92 Å². The number of ketones is 1. The maximum atomic E-state index is 13.4. The van der Waals surface area contributed by atoms with Crippen LogP contribution < -0.4 is 9.47 Å². The highest BCUT2D eigenvalue weighted by atomic mass is 16.5. The quantitative estimate of drug-likeness (QED) is 0.766. The molecule has 1 aromatic rings. The van der Waals surface area contributed by atoms with Crippen molar-refractivity contribution in [3.8, 4) is 11.5 Å². The van der Waals surface area contributed by atoms with E-state index in [1.807, 2.05) is 38.1 Å². The Hall–Kier alpha value is -2.73. The predicted molar refractivity (Wildman–Crippen MR) is 108 cm³/mol. The predicted octanol–water partition coefficient (Wildman–Crippen LogP) is 3.91. The summed E-state index contributed by atoms with van der Waals surface area (Å²) in [5, 5.41) is 0.